The Balaban J connectivity index is 1.51. The van der Waals surface area contributed by atoms with Crippen molar-refractivity contribution >= 4 is 11.9 Å². The number of aliphatic hydroxyl groups is 1. The summed E-state index contributed by atoms with van der Waals surface area (Å²) in [5.74, 6) is 0.198. The lowest BCUT2D eigenvalue weighted by molar-refractivity contribution is -0.0498. The highest BCUT2D eigenvalue weighted by atomic mass is 32.2. The highest BCUT2D eigenvalue weighted by molar-refractivity contribution is 7.97. The maximum atomic E-state index is 12.2. The summed E-state index contributed by atoms with van der Waals surface area (Å²) < 4.78 is 31.3. The lowest BCUT2D eigenvalue weighted by Crippen LogP contribution is -2.46. The fourth-order valence-electron chi connectivity index (χ4n) is 3.75. The summed E-state index contributed by atoms with van der Waals surface area (Å²) in [6, 6.07) is 8.50. The van der Waals surface area contributed by atoms with Gasteiger partial charge in [0, 0.05) is 23.0 Å². The molecule has 25 heavy (non-hydrogen) atoms. The summed E-state index contributed by atoms with van der Waals surface area (Å²) in [5.41, 5.74) is 0. The first kappa shape index (κ1) is 18.9. The van der Waals surface area contributed by atoms with Gasteiger partial charge in [-0.25, -0.2) is 4.31 Å². The minimum Gasteiger partial charge on any atom is -0.435 e. The molecule has 2 aliphatic rings. The Morgan fingerprint density at radius 1 is 1.24 bits per heavy atom. The fourth-order valence-corrected chi connectivity index (χ4v) is 4.93. The predicted molar refractivity (Wildman–Crippen MR) is 94.9 cm³/mol. The van der Waals surface area contributed by atoms with Crippen molar-refractivity contribution in [1.29, 1.82) is 0 Å². The first-order chi connectivity index (χ1) is 12.0. The zero-order valence-electron chi connectivity index (χ0n) is 14.4. The summed E-state index contributed by atoms with van der Waals surface area (Å²) in [4.78, 5) is 1.05. The van der Waals surface area contributed by atoms with Crippen LogP contribution in [0.15, 0.2) is 29.2 Å². The van der Waals surface area contributed by atoms with E-state index >= 15 is 0 Å². The minimum atomic E-state index is -2.78. The van der Waals surface area contributed by atoms with Gasteiger partial charge in [0.05, 0.1) is 6.10 Å². The van der Waals surface area contributed by atoms with E-state index in [1.54, 1.807) is 24.1 Å². The Labute approximate surface area is 152 Å². The zero-order valence-corrected chi connectivity index (χ0v) is 15.2. The largest absolute Gasteiger partial charge is 0.435 e. The highest BCUT2D eigenvalue weighted by Gasteiger charge is 2.41. The smallest absolute Gasteiger partial charge is 0.387 e. The topological polar surface area (TPSA) is 44.7 Å². The summed E-state index contributed by atoms with van der Waals surface area (Å²) in [7, 11) is 0. The van der Waals surface area contributed by atoms with Crippen LogP contribution in [-0.4, -0.2) is 46.8 Å². The van der Waals surface area contributed by atoms with Gasteiger partial charge in [0.15, 0.2) is 0 Å². The van der Waals surface area contributed by atoms with Crippen molar-refractivity contribution in [1.82, 2.24) is 9.62 Å². The molecule has 0 amide bonds. The minimum absolute atomic E-state index is 0.198. The standard InChI is InChI=1S/C18H26F2N2O2S/c1-12(23)8-9-21-13-10-14-2-3-15(11-13)22(14)25-17-6-4-16(5-7-17)24-18(19)20/h4-7,12-15,18,21,23H,2-3,8-11H2,1H3/t12?,13?,14-,15+. The van der Waals surface area contributed by atoms with E-state index in [9.17, 15) is 13.9 Å². The number of rotatable bonds is 8. The van der Waals surface area contributed by atoms with Gasteiger partial charge in [-0.15, -0.1) is 0 Å². The van der Waals surface area contributed by atoms with E-state index in [0.29, 0.717) is 18.1 Å². The molecule has 2 N–H and O–H groups in total. The van der Waals surface area contributed by atoms with Gasteiger partial charge >= 0.3 is 6.61 Å². The number of nitrogens with zero attached hydrogens (tertiary/aromatic N) is 1. The normalized spacial score (nSPS) is 27.6. The van der Waals surface area contributed by atoms with E-state index in [4.69, 9.17) is 0 Å². The third-order valence-corrected chi connectivity index (χ3v) is 6.21. The molecule has 1 aromatic rings. The molecule has 3 rings (SSSR count). The van der Waals surface area contributed by atoms with Gasteiger partial charge in [0.1, 0.15) is 5.75 Å². The number of halogens is 2. The summed E-state index contributed by atoms with van der Waals surface area (Å²) in [6.45, 7) is -0.0994. The van der Waals surface area contributed by atoms with Crippen molar-refractivity contribution in [3.05, 3.63) is 24.3 Å². The van der Waals surface area contributed by atoms with Crippen LogP contribution in [-0.2, 0) is 0 Å². The number of ether oxygens (including phenoxy) is 1. The van der Waals surface area contributed by atoms with Gasteiger partial charge in [-0.05, 0) is 81.8 Å². The molecule has 0 saturated carbocycles. The van der Waals surface area contributed by atoms with Gasteiger partial charge in [-0.3, -0.25) is 0 Å². The van der Waals surface area contributed by atoms with E-state index in [2.05, 4.69) is 14.4 Å². The Hall–Kier alpha value is -0.890. The van der Waals surface area contributed by atoms with Gasteiger partial charge in [-0.1, -0.05) is 0 Å². The van der Waals surface area contributed by atoms with E-state index in [0.717, 1.165) is 30.7 Å². The van der Waals surface area contributed by atoms with Gasteiger partial charge < -0.3 is 15.2 Å². The SMILES string of the molecule is CC(O)CCNC1C[C@H]2CC[C@@H](C1)N2Sc1ccc(OC(F)F)cc1. The molecule has 7 heteroatoms. The average Bonchev–Trinajstić information content (AvgIpc) is 2.78. The van der Waals surface area contributed by atoms with Crippen LogP contribution in [0, 0.1) is 0 Å². The van der Waals surface area contributed by atoms with Crippen molar-refractivity contribution in [3.63, 3.8) is 0 Å². The maximum Gasteiger partial charge on any atom is 0.387 e. The first-order valence-electron chi connectivity index (χ1n) is 8.94. The number of hydrogen-bond acceptors (Lipinski definition) is 5. The van der Waals surface area contributed by atoms with Crippen LogP contribution in [0.3, 0.4) is 0 Å². The number of piperidine rings is 1. The molecule has 1 aromatic carbocycles. The summed E-state index contributed by atoms with van der Waals surface area (Å²) in [6.07, 6.45) is 5.19. The number of fused-ring (bicyclic) bond motifs is 2. The second-order valence-electron chi connectivity index (χ2n) is 6.95. The molecule has 140 valence electrons. The third-order valence-electron chi connectivity index (χ3n) is 4.92. The molecular weight excluding hydrogens is 346 g/mol. The van der Waals surface area contributed by atoms with E-state index in [1.165, 1.54) is 12.8 Å². The molecule has 0 radical (unpaired) electrons. The van der Waals surface area contributed by atoms with E-state index in [-0.39, 0.29) is 11.9 Å². The van der Waals surface area contributed by atoms with Crippen LogP contribution in [0.4, 0.5) is 8.78 Å². The van der Waals surface area contributed by atoms with Crippen LogP contribution in [0.5, 0.6) is 5.75 Å². The van der Waals surface area contributed by atoms with Crippen molar-refractivity contribution in [3.8, 4) is 5.75 Å². The molecule has 2 fully saturated rings. The van der Waals surface area contributed by atoms with Crippen molar-refractivity contribution in [2.45, 2.75) is 74.8 Å². The van der Waals surface area contributed by atoms with Crippen molar-refractivity contribution in [2.75, 3.05) is 6.54 Å². The fraction of sp³-hybridized carbons (Fsp3) is 0.667. The van der Waals surface area contributed by atoms with Crippen LogP contribution in [0.1, 0.15) is 39.0 Å². The number of aliphatic hydroxyl groups excluding tert-OH is 1. The van der Waals surface area contributed by atoms with Gasteiger partial charge in [0.25, 0.3) is 0 Å². The summed E-state index contributed by atoms with van der Waals surface area (Å²) in [5, 5.41) is 13.0. The maximum absolute atomic E-state index is 12.2. The summed E-state index contributed by atoms with van der Waals surface area (Å²) >= 11 is 1.72. The lowest BCUT2D eigenvalue weighted by Gasteiger charge is -2.38. The van der Waals surface area contributed by atoms with Crippen LogP contribution in [0.2, 0.25) is 0 Å². The molecule has 0 aliphatic carbocycles. The molecule has 2 bridgehead atoms. The van der Waals surface area contributed by atoms with Crippen LogP contribution >= 0.6 is 11.9 Å². The first-order valence-corrected chi connectivity index (χ1v) is 9.71. The van der Waals surface area contributed by atoms with Gasteiger partial charge in [0.2, 0.25) is 0 Å². The molecule has 4 nitrogen and oxygen atoms in total. The molecule has 0 spiro atoms. The van der Waals surface area contributed by atoms with E-state index < -0.39 is 6.61 Å². The predicted octanol–water partition coefficient (Wildman–Crippen LogP) is 3.65. The Morgan fingerprint density at radius 2 is 1.88 bits per heavy atom. The number of benzene rings is 1. The Bertz CT molecular complexity index is 530. The van der Waals surface area contributed by atoms with Crippen molar-refractivity contribution in [2.24, 2.45) is 0 Å². The second-order valence-corrected chi connectivity index (χ2v) is 8.02. The monoisotopic (exact) mass is 372 g/mol. The molecule has 2 unspecified atom stereocenters. The molecule has 2 heterocycles. The molecule has 0 aromatic heterocycles. The van der Waals surface area contributed by atoms with Gasteiger partial charge in [-0.2, -0.15) is 8.78 Å². The molecular formula is C18H26F2N2O2S. The molecule has 2 saturated heterocycles. The lowest BCUT2D eigenvalue weighted by atomic mass is 9.99. The number of alkyl halides is 2. The third kappa shape index (κ3) is 5.29. The number of hydrogen-bond donors (Lipinski definition) is 2. The Morgan fingerprint density at radius 3 is 2.44 bits per heavy atom. The van der Waals surface area contributed by atoms with E-state index in [1.807, 2.05) is 19.1 Å². The molecule has 2 aliphatic heterocycles. The Kier molecular flexibility index (Phi) is 6.55. The van der Waals surface area contributed by atoms with Crippen LogP contribution in [0.25, 0.3) is 0 Å². The molecule has 4 atom stereocenters. The quantitative estimate of drug-likeness (QED) is 0.682. The average molecular weight is 372 g/mol. The van der Waals surface area contributed by atoms with Crippen molar-refractivity contribution < 1.29 is 18.6 Å². The zero-order chi connectivity index (χ0) is 17.8. The highest BCUT2D eigenvalue weighted by Crippen LogP contribution is 2.43. The second kappa shape index (κ2) is 8.66. The number of nitrogens with one attached hydrogen (secondary N) is 1. The van der Waals surface area contributed by atoms with Crippen LogP contribution < -0.4 is 10.1 Å².